The van der Waals surface area contributed by atoms with E-state index in [0.29, 0.717) is 16.8 Å². The van der Waals surface area contributed by atoms with E-state index < -0.39 is 29.8 Å². The highest BCUT2D eigenvalue weighted by atomic mass is 16.2. The molecule has 0 aliphatic rings. The fourth-order valence-electron chi connectivity index (χ4n) is 2.94. The van der Waals surface area contributed by atoms with Gasteiger partial charge in [0.1, 0.15) is 6.42 Å². The molecule has 0 saturated heterocycles. The third-order valence-corrected chi connectivity index (χ3v) is 4.57. The molecule has 33 heavy (non-hydrogen) atoms. The van der Waals surface area contributed by atoms with Crippen LogP contribution in [0.5, 0.6) is 0 Å². The summed E-state index contributed by atoms with van der Waals surface area (Å²) in [6.07, 6.45) is -0.368. The van der Waals surface area contributed by atoms with Crippen LogP contribution < -0.4 is 21.3 Å². The van der Waals surface area contributed by atoms with E-state index in [1.54, 1.807) is 36.4 Å². The topological polar surface area (TPSA) is 171 Å². The molecule has 10 heteroatoms. The van der Waals surface area contributed by atoms with Crippen molar-refractivity contribution in [2.75, 3.05) is 18.4 Å². The summed E-state index contributed by atoms with van der Waals surface area (Å²) >= 11 is 0. The summed E-state index contributed by atoms with van der Waals surface area (Å²) in [4.78, 5) is 38.1. The Balaban J connectivity index is 2.38. The van der Waals surface area contributed by atoms with Crippen LogP contribution in [0.1, 0.15) is 24.0 Å². The number of benzene rings is 2. The molecule has 0 aromatic heterocycles. The van der Waals surface area contributed by atoms with Crippen LogP contribution in [-0.4, -0.2) is 30.9 Å². The monoisotopic (exact) mass is 443 g/mol. The highest BCUT2D eigenvalue weighted by Gasteiger charge is 2.42. The van der Waals surface area contributed by atoms with Gasteiger partial charge in [0.05, 0.1) is 36.7 Å². The van der Waals surface area contributed by atoms with Crippen LogP contribution in [0.4, 0.5) is 10.5 Å². The number of anilines is 1. The van der Waals surface area contributed by atoms with Gasteiger partial charge in [-0.05, 0) is 29.8 Å². The molecule has 2 rings (SSSR count). The second kappa shape index (κ2) is 12.1. The van der Waals surface area contributed by atoms with Gasteiger partial charge in [0.2, 0.25) is 5.91 Å². The summed E-state index contributed by atoms with van der Waals surface area (Å²) in [5.74, 6) is -1.26. The van der Waals surface area contributed by atoms with E-state index >= 15 is 0 Å². The van der Waals surface area contributed by atoms with E-state index in [1.807, 2.05) is 12.1 Å². The molecular weight excluding hydrogens is 422 g/mol. The van der Waals surface area contributed by atoms with Gasteiger partial charge in [-0.25, -0.2) is 4.79 Å². The van der Waals surface area contributed by atoms with Crippen LogP contribution in [0.2, 0.25) is 0 Å². The van der Waals surface area contributed by atoms with Gasteiger partial charge in [-0.1, -0.05) is 30.3 Å². The number of carbonyl (C=O) groups excluding carboxylic acids is 3. The average molecular weight is 443 g/mol. The zero-order valence-electron chi connectivity index (χ0n) is 17.6. The Morgan fingerprint density at radius 3 is 2.18 bits per heavy atom. The number of nitrogens with zero attached hydrogens (tertiary/aromatic N) is 3. The Bertz CT molecular complexity index is 1110. The largest absolute Gasteiger partial charge is 0.353 e. The van der Waals surface area contributed by atoms with Crippen molar-refractivity contribution < 1.29 is 14.4 Å². The second-order valence-electron chi connectivity index (χ2n) is 6.82. The zero-order chi connectivity index (χ0) is 24.1. The van der Waals surface area contributed by atoms with Crippen LogP contribution in [0.15, 0.2) is 54.6 Å². The van der Waals surface area contributed by atoms with Crippen molar-refractivity contribution in [3.05, 3.63) is 65.7 Å². The molecule has 0 fully saturated rings. The first kappa shape index (κ1) is 24.4. The van der Waals surface area contributed by atoms with Crippen molar-refractivity contribution in [1.82, 2.24) is 16.0 Å². The van der Waals surface area contributed by atoms with Gasteiger partial charge in [0, 0.05) is 12.2 Å². The molecule has 0 bridgehead atoms. The number of nitrogens with one attached hydrogen (secondary N) is 4. The number of urea groups is 1. The summed E-state index contributed by atoms with van der Waals surface area (Å²) in [6, 6.07) is 19.3. The first-order chi connectivity index (χ1) is 15.9. The Morgan fingerprint density at radius 1 is 0.879 bits per heavy atom. The Hall–Kier alpha value is -4.88. The van der Waals surface area contributed by atoms with Crippen LogP contribution in [0.25, 0.3) is 0 Å². The van der Waals surface area contributed by atoms with E-state index in [1.165, 1.54) is 24.3 Å². The molecule has 4 amide bonds. The molecule has 0 heterocycles. The SMILES string of the molecule is N#CCCNC(=O)C(CNC(=O)CC#N)(NC(=O)Nc1ccc(C#N)cc1)c1ccccc1. The van der Waals surface area contributed by atoms with Gasteiger partial charge >= 0.3 is 6.03 Å². The molecule has 1 unspecified atom stereocenters. The fourth-order valence-corrected chi connectivity index (χ4v) is 2.94. The average Bonchev–Trinajstić information content (AvgIpc) is 2.83. The van der Waals surface area contributed by atoms with Crippen molar-refractivity contribution in [1.29, 1.82) is 15.8 Å². The summed E-state index contributed by atoms with van der Waals surface area (Å²) < 4.78 is 0. The third-order valence-electron chi connectivity index (χ3n) is 4.57. The van der Waals surface area contributed by atoms with E-state index in [0.717, 1.165) is 0 Å². The van der Waals surface area contributed by atoms with E-state index in [9.17, 15) is 14.4 Å². The van der Waals surface area contributed by atoms with Gasteiger partial charge in [-0.3, -0.25) is 9.59 Å². The minimum Gasteiger partial charge on any atom is -0.353 e. The minimum absolute atomic E-state index is 0.0367. The number of carbonyl (C=O) groups is 3. The molecule has 0 aliphatic heterocycles. The standard InChI is InChI=1S/C23H21N7O3/c24-12-4-14-27-21(32)23(16-28-20(31)11-13-25,18-5-2-1-3-6-18)30-22(33)29-19-9-7-17(15-26)8-10-19/h1-3,5-10H,4,11,14,16H2,(H,27,32)(H,28,31)(H2,29,30,33). The molecule has 2 aromatic rings. The summed E-state index contributed by atoms with van der Waals surface area (Å²) in [7, 11) is 0. The van der Waals surface area contributed by atoms with Gasteiger partial charge in [-0.2, -0.15) is 15.8 Å². The molecule has 2 aromatic carbocycles. The smallest absolute Gasteiger partial charge is 0.320 e. The first-order valence-corrected chi connectivity index (χ1v) is 9.89. The lowest BCUT2D eigenvalue weighted by atomic mass is 9.88. The maximum atomic E-state index is 13.3. The predicted octanol–water partition coefficient (Wildman–Crippen LogP) is 1.64. The van der Waals surface area contributed by atoms with E-state index in [-0.39, 0.29) is 19.5 Å². The Kier molecular flexibility index (Phi) is 8.94. The van der Waals surface area contributed by atoms with E-state index in [4.69, 9.17) is 15.8 Å². The fraction of sp³-hybridized carbons (Fsp3) is 0.217. The Labute approximate surface area is 190 Å². The predicted molar refractivity (Wildman–Crippen MR) is 118 cm³/mol. The lowest BCUT2D eigenvalue weighted by Gasteiger charge is -2.34. The van der Waals surface area contributed by atoms with Gasteiger partial charge in [0.15, 0.2) is 5.54 Å². The van der Waals surface area contributed by atoms with Crippen LogP contribution in [0, 0.1) is 34.0 Å². The van der Waals surface area contributed by atoms with E-state index in [2.05, 4.69) is 21.3 Å². The van der Waals surface area contributed by atoms with Gasteiger partial charge in [-0.15, -0.1) is 0 Å². The summed E-state index contributed by atoms with van der Waals surface area (Å²) in [5, 5.41) is 36.8. The first-order valence-electron chi connectivity index (χ1n) is 9.89. The van der Waals surface area contributed by atoms with Crippen molar-refractivity contribution >= 4 is 23.5 Å². The molecule has 166 valence electrons. The molecular formula is C23H21N7O3. The quantitative estimate of drug-likeness (QED) is 0.429. The lowest BCUT2D eigenvalue weighted by molar-refractivity contribution is -0.128. The molecule has 0 aliphatic carbocycles. The molecule has 10 nitrogen and oxygen atoms in total. The Morgan fingerprint density at radius 2 is 1.58 bits per heavy atom. The van der Waals surface area contributed by atoms with Crippen LogP contribution in [0.3, 0.4) is 0 Å². The molecule has 0 radical (unpaired) electrons. The third kappa shape index (κ3) is 6.81. The van der Waals surface area contributed by atoms with Gasteiger partial charge < -0.3 is 21.3 Å². The highest BCUT2D eigenvalue weighted by Crippen LogP contribution is 2.22. The summed E-state index contributed by atoms with van der Waals surface area (Å²) in [6.45, 7) is -0.300. The highest BCUT2D eigenvalue weighted by molar-refractivity contribution is 5.97. The molecule has 1 atom stereocenters. The lowest BCUT2D eigenvalue weighted by Crippen LogP contribution is -2.62. The molecule has 0 spiro atoms. The van der Waals surface area contributed by atoms with Crippen molar-refractivity contribution in [2.45, 2.75) is 18.4 Å². The number of hydrogen-bond acceptors (Lipinski definition) is 6. The van der Waals surface area contributed by atoms with Crippen LogP contribution >= 0.6 is 0 Å². The second-order valence-corrected chi connectivity index (χ2v) is 6.82. The maximum Gasteiger partial charge on any atom is 0.320 e. The zero-order valence-corrected chi connectivity index (χ0v) is 17.6. The van der Waals surface area contributed by atoms with Gasteiger partial charge in [0.25, 0.3) is 5.91 Å². The molecule has 0 saturated carbocycles. The molecule has 4 N–H and O–H groups in total. The van der Waals surface area contributed by atoms with Crippen molar-refractivity contribution in [3.8, 4) is 18.2 Å². The minimum atomic E-state index is -1.74. The van der Waals surface area contributed by atoms with Crippen molar-refractivity contribution in [2.24, 2.45) is 0 Å². The number of hydrogen-bond donors (Lipinski definition) is 4. The van der Waals surface area contributed by atoms with Crippen LogP contribution in [-0.2, 0) is 15.1 Å². The maximum absolute atomic E-state index is 13.3. The summed E-state index contributed by atoms with van der Waals surface area (Å²) in [5.41, 5.74) is -0.561. The number of amides is 4. The number of rotatable bonds is 9. The normalized spacial score (nSPS) is 11.4. The number of nitriles is 3. The van der Waals surface area contributed by atoms with Crippen molar-refractivity contribution in [3.63, 3.8) is 0 Å².